The Morgan fingerprint density at radius 2 is 1.89 bits per heavy atom. The molecule has 0 radical (unpaired) electrons. The first-order valence-electron chi connectivity index (χ1n) is 6.83. The van der Waals surface area contributed by atoms with E-state index in [9.17, 15) is 0 Å². The highest BCUT2D eigenvalue weighted by atomic mass is 35.5. The molecule has 0 bridgehead atoms. The van der Waals surface area contributed by atoms with Crippen molar-refractivity contribution in [3.8, 4) is 0 Å². The van der Waals surface area contributed by atoms with E-state index in [2.05, 4.69) is 9.80 Å². The zero-order valence-electron chi connectivity index (χ0n) is 10.9. The molecule has 1 aromatic carbocycles. The summed E-state index contributed by atoms with van der Waals surface area (Å²) in [7, 11) is 0. The predicted molar refractivity (Wildman–Crippen MR) is 80.7 cm³/mol. The van der Waals surface area contributed by atoms with Crippen LogP contribution in [0, 0.1) is 0 Å². The Kier molecular flexibility index (Phi) is 3.90. The average molecular weight is 300 g/mol. The fraction of sp³-hybridized carbons (Fsp3) is 0.571. The molecule has 2 heterocycles. The molecule has 0 aromatic heterocycles. The second-order valence-electron chi connectivity index (χ2n) is 5.54. The molecule has 0 amide bonds. The van der Waals surface area contributed by atoms with Gasteiger partial charge in [-0.15, -0.1) is 0 Å². The van der Waals surface area contributed by atoms with Crippen molar-refractivity contribution in [3.05, 3.63) is 27.7 Å². The van der Waals surface area contributed by atoms with Gasteiger partial charge in [0.2, 0.25) is 0 Å². The van der Waals surface area contributed by atoms with Gasteiger partial charge in [0.15, 0.2) is 0 Å². The summed E-state index contributed by atoms with van der Waals surface area (Å²) in [5.74, 6) is 0. The molecule has 3 rings (SSSR count). The van der Waals surface area contributed by atoms with Crippen molar-refractivity contribution in [2.75, 3.05) is 31.9 Å². The van der Waals surface area contributed by atoms with E-state index >= 15 is 0 Å². The van der Waals surface area contributed by atoms with E-state index in [1.54, 1.807) is 0 Å². The van der Waals surface area contributed by atoms with Crippen molar-refractivity contribution in [3.63, 3.8) is 0 Å². The van der Waals surface area contributed by atoms with Crippen molar-refractivity contribution in [1.29, 1.82) is 0 Å². The molecule has 3 nitrogen and oxygen atoms in total. The topological polar surface area (TPSA) is 32.5 Å². The lowest BCUT2D eigenvalue weighted by molar-refractivity contribution is 0.0994. The Balaban J connectivity index is 1.68. The fourth-order valence-corrected chi connectivity index (χ4v) is 3.72. The van der Waals surface area contributed by atoms with Gasteiger partial charge in [0, 0.05) is 32.2 Å². The lowest BCUT2D eigenvalue weighted by Gasteiger charge is -2.37. The molecule has 2 N–H and O–H groups in total. The Morgan fingerprint density at radius 3 is 2.63 bits per heavy atom. The molecule has 1 unspecified atom stereocenters. The third-order valence-corrected chi connectivity index (χ3v) is 4.84. The van der Waals surface area contributed by atoms with Crippen LogP contribution in [0.1, 0.15) is 18.4 Å². The second kappa shape index (κ2) is 5.49. The van der Waals surface area contributed by atoms with E-state index in [1.165, 1.54) is 25.9 Å². The molecule has 2 fully saturated rings. The number of piperazine rings is 1. The molecule has 5 heteroatoms. The monoisotopic (exact) mass is 299 g/mol. The summed E-state index contributed by atoms with van der Waals surface area (Å²) in [4.78, 5) is 5.10. The zero-order chi connectivity index (χ0) is 13.4. The number of benzene rings is 1. The Hall–Kier alpha value is -0.480. The number of hydrogen-bond acceptors (Lipinski definition) is 3. The van der Waals surface area contributed by atoms with Gasteiger partial charge in [0.1, 0.15) is 0 Å². The van der Waals surface area contributed by atoms with Crippen LogP contribution in [0.25, 0.3) is 0 Å². The first-order chi connectivity index (χ1) is 9.13. The van der Waals surface area contributed by atoms with Gasteiger partial charge in [-0.2, -0.15) is 0 Å². The van der Waals surface area contributed by atoms with Crippen molar-refractivity contribution < 1.29 is 0 Å². The molecule has 2 aliphatic heterocycles. The molecular weight excluding hydrogens is 281 g/mol. The lowest BCUT2D eigenvalue weighted by Crippen LogP contribution is -2.49. The number of halogens is 2. The molecule has 1 aromatic rings. The minimum absolute atomic E-state index is 0.479. The van der Waals surface area contributed by atoms with Crippen LogP contribution in [0.15, 0.2) is 12.1 Å². The first kappa shape index (κ1) is 13.5. The number of nitrogen functional groups attached to an aromatic ring is 1. The van der Waals surface area contributed by atoms with Gasteiger partial charge < -0.3 is 5.73 Å². The van der Waals surface area contributed by atoms with Crippen molar-refractivity contribution in [2.45, 2.75) is 25.4 Å². The van der Waals surface area contributed by atoms with Gasteiger partial charge in [0.05, 0.1) is 15.7 Å². The largest absolute Gasteiger partial charge is 0.396 e. The van der Waals surface area contributed by atoms with Crippen LogP contribution in [-0.2, 0) is 6.54 Å². The lowest BCUT2D eigenvalue weighted by atomic mass is 10.1. The Morgan fingerprint density at radius 1 is 1.16 bits per heavy atom. The molecule has 2 saturated heterocycles. The highest BCUT2D eigenvalue weighted by Gasteiger charge is 2.30. The maximum absolute atomic E-state index is 6.09. The molecular formula is C14H19Cl2N3. The van der Waals surface area contributed by atoms with Crippen molar-refractivity contribution in [1.82, 2.24) is 9.80 Å². The van der Waals surface area contributed by atoms with E-state index < -0.39 is 0 Å². The highest BCUT2D eigenvalue weighted by molar-refractivity contribution is 6.38. The molecule has 0 aliphatic carbocycles. The van der Waals surface area contributed by atoms with Crippen LogP contribution in [0.3, 0.4) is 0 Å². The van der Waals surface area contributed by atoms with E-state index in [1.807, 2.05) is 12.1 Å². The minimum Gasteiger partial charge on any atom is -0.396 e. The third-order valence-electron chi connectivity index (χ3n) is 4.22. The van der Waals surface area contributed by atoms with Gasteiger partial charge in [-0.25, -0.2) is 0 Å². The maximum atomic E-state index is 6.09. The van der Waals surface area contributed by atoms with Crippen molar-refractivity contribution >= 4 is 28.9 Å². The number of hydrogen-bond donors (Lipinski definition) is 1. The molecule has 104 valence electrons. The van der Waals surface area contributed by atoms with Crippen molar-refractivity contribution in [2.24, 2.45) is 0 Å². The number of nitrogens with zero attached hydrogens (tertiary/aromatic N) is 2. The van der Waals surface area contributed by atoms with Crippen LogP contribution in [0.4, 0.5) is 5.69 Å². The summed E-state index contributed by atoms with van der Waals surface area (Å²) in [5.41, 5.74) is 7.40. The van der Waals surface area contributed by atoms with Gasteiger partial charge >= 0.3 is 0 Å². The molecule has 1 atom stereocenters. The molecule has 2 aliphatic rings. The molecule has 19 heavy (non-hydrogen) atoms. The number of fused-ring (bicyclic) bond motifs is 1. The molecule has 0 saturated carbocycles. The number of anilines is 1. The summed E-state index contributed by atoms with van der Waals surface area (Å²) in [6.07, 6.45) is 2.68. The van der Waals surface area contributed by atoms with Crippen LogP contribution in [0.2, 0.25) is 10.0 Å². The Labute approximate surface area is 124 Å². The van der Waals surface area contributed by atoms with Crippen LogP contribution in [-0.4, -0.2) is 42.0 Å². The fourth-order valence-electron chi connectivity index (χ4n) is 3.19. The van der Waals surface area contributed by atoms with Crippen LogP contribution in [0.5, 0.6) is 0 Å². The van der Waals surface area contributed by atoms with Gasteiger partial charge in [-0.3, -0.25) is 9.80 Å². The second-order valence-corrected chi connectivity index (χ2v) is 6.35. The zero-order valence-corrected chi connectivity index (χ0v) is 12.4. The van der Waals surface area contributed by atoms with Crippen LogP contribution >= 0.6 is 23.2 Å². The van der Waals surface area contributed by atoms with Crippen LogP contribution < -0.4 is 5.73 Å². The van der Waals surface area contributed by atoms with Gasteiger partial charge in [0.25, 0.3) is 0 Å². The highest BCUT2D eigenvalue weighted by Crippen LogP contribution is 2.30. The summed E-state index contributed by atoms with van der Waals surface area (Å²) in [6, 6.07) is 4.61. The summed E-state index contributed by atoms with van der Waals surface area (Å²) < 4.78 is 0. The normalized spacial score (nSPS) is 24.6. The molecule has 0 spiro atoms. The predicted octanol–water partition coefficient (Wildman–Crippen LogP) is 2.86. The maximum Gasteiger partial charge on any atom is 0.0693 e. The Bertz CT molecular complexity index is 455. The van der Waals surface area contributed by atoms with Gasteiger partial charge in [-0.05, 0) is 37.1 Å². The van der Waals surface area contributed by atoms with E-state index in [-0.39, 0.29) is 0 Å². The summed E-state index contributed by atoms with van der Waals surface area (Å²) >= 11 is 12.2. The van der Waals surface area contributed by atoms with Gasteiger partial charge in [-0.1, -0.05) is 23.2 Å². The average Bonchev–Trinajstić information content (AvgIpc) is 2.83. The third kappa shape index (κ3) is 2.84. The standard InChI is InChI=1S/C14H19Cl2N3/c15-12-6-10(7-13(16)14(12)17)8-18-4-5-19-3-1-2-11(19)9-18/h6-7,11H,1-5,8-9,17H2. The minimum atomic E-state index is 0.479. The summed E-state index contributed by atoms with van der Waals surface area (Å²) in [6.45, 7) is 5.64. The number of nitrogens with two attached hydrogens (primary N) is 1. The van der Waals surface area contributed by atoms with E-state index in [0.29, 0.717) is 15.7 Å². The number of rotatable bonds is 2. The first-order valence-corrected chi connectivity index (χ1v) is 7.59. The van der Waals surface area contributed by atoms with E-state index in [4.69, 9.17) is 28.9 Å². The summed E-state index contributed by atoms with van der Waals surface area (Å²) in [5, 5.41) is 1.11. The SMILES string of the molecule is Nc1c(Cl)cc(CN2CCN3CCCC3C2)cc1Cl. The quantitative estimate of drug-likeness (QED) is 0.853. The smallest absolute Gasteiger partial charge is 0.0693 e. The van der Waals surface area contributed by atoms with E-state index in [0.717, 1.165) is 31.2 Å².